The Morgan fingerprint density at radius 3 is 2.90 bits per heavy atom. The lowest BCUT2D eigenvalue weighted by Crippen LogP contribution is -1.96. The molecule has 2 nitrogen and oxygen atoms in total. The summed E-state index contributed by atoms with van der Waals surface area (Å²) >= 11 is 0. The summed E-state index contributed by atoms with van der Waals surface area (Å²) in [6, 6.07) is 0. The second-order valence-electron chi connectivity index (χ2n) is 2.50. The zero-order valence-corrected chi connectivity index (χ0v) is 5.59. The van der Waals surface area contributed by atoms with E-state index in [0.29, 0.717) is 6.61 Å². The monoisotopic (exact) mass is 136 g/mol. The van der Waals surface area contributed by atoms with E-state index in [2.05, 4.69) is 6.08 Å². The second kappa shape index (κ2) is 1.97. The molecule has 0 N–H and O–H groups in total. The first-order chi connectivity index (χ1) is 4.88. The van der Waals surface area contributed by atoms with Gasteiger partial charge in [0.05, 0.1) is 5.57 Å². The molecule has 0 aromatic heterocycles. The first-order valence-electron chi connectivity index (χ1n) is 3.44. The Hall–Kier alpha value is -1.05. The van der Waals surface area contributed by atoms with Crippen LogP contribution in [0.15, 0.2) is 23.3 Å². The molecule has 2 rings (SSSR count). The van der Waals surface area contributed by atoms with Gasteiger partial charge in [-0.25, -0.2) is 4.79 Å². The van der Waals surface area contributed by atoms with Crippen molar-refractivity contribution >= 4 is 5.97 Å². The predicted octanol–water partition coefficient (Wildman–Crippen LogP) is 1.19. The van der Waals surface area contributed by atoms with Crippen molar-refractivity contribution in [1.82, 2.24) is 0 Å². The maximum absolute atomic E-state index is 10.9. The first-order valence-corrected chi connectivity index (χ1v) is 3.44. The minimum absolute atomic E-state index is 0.147. The molecule has 52 valence electrons. The maximum Gasteiger partial charge on any atom is 0.338 e. The van der Waals surface area contributed by atoms with E-state index >= 15 is 0 Å². The van der Waals surface area contributed by atoms with Crippen molar-refractivity contribution < 1.29 is 9.53 Å². The molecule has 2 aliphatic rings. The van der Waals surface area contributed by atoms with E-state index in [1.165, 1.54) is 0 Å². The smallest absolute Gasteiger partial charge is 0.338 e. The van der Waals surface area contributed by atoms with E-state index in [4.69, 9.17) is 4.74 Å². The molecule has 1 aliphatic carbocycles. The molecule has 0 bridgehead atoms. The fourth-order valence-corrected chi connectivity index (χ4v) is 1.30. The van der Waals surface area contributed by atoms with Crippen LogP contribution in [0.4, 0.5) is 0 Å². The summed E-state index contributed by atoms with van der Waals surface area (Å²) in [5.74, 6) is -0.147. The Morgan fingerprint density at radius 2 is 2.10 bits per heavy atom. The molecular formula is C8H8O2. The largest absolute Gasteiger partial charge is 0.457 e. The molecule has 1 saturated heterocycles. The van der Waals surface area contributed by atoms with Crippen LogP contribution in [0, 0.1) is 0 Å². The highest BCUT2D eigenvalue weighted by Crippen LogP contribution is 2.25. The van der Waals surface area contributed by atoms with Gasteiger partial charge < -0.3 is 4.74 Å². The van der Waals surface area contributed by atoms with E-state index < -0.39 is 0 Å². The van der Waals surface area contributed by atoms with Crippen molar-refractivity contribution in [3.63, 3.8) is 0 Å². The number of esters is 1. The zero-order chi connectivity index (χ0) is 6.97. The van der Waals surface area contributed by atoms with E-state index in [-0.39, 0.29) is 5.97 Å². The summed E-state index contributed by atoms with van der Waals surface area (Å²) in [6.45, 7) is 0.491. The number of ether oxygens (including phenoxy) is 1. The Kier molecular flexibility index (Phi) is 1.13. The third kappa shape index (κ3) is 0.685. The van der Waals surface area contributed by atoms with Gasteiger partial charge in [0, 0.05) is 0 Å². The van der Waals surface area contributed by atoms with Gasteiger partial charge in [-0.2, -0.15) is 0 Å². The number of cyclic esters (lactones) is 1. The van der Waals surface area contributed by atoms with Crippen molar-refractivity contribution in [3.05, 3.63) is 23.3 Å². The molecule has 0 saturated carbocycles. The van der Waals surface area contributed by atoms with Crippen molar-refractivity contribution in [2.45, 2.75) is 12.8 Å². The highest BCUT2D eigenvalue weighted by atomic mass is 16.5. The highest BCUT2D eigenvalue weighted by molar-refractivity contribution is 5.96. The minimum atomic E-state index is -0.147. The normalized spacial score (nSPS) is 23.0. The van der Waals surface area contributed by atoms with Crippen LogP contribution in [0.2, 0.25) is 0 Å². The topological polar surface area (TPSA) is 26.3 Å². The predicted molar refractivity (Wildman–Crippen MR) is 36.4 cm³/mol. The van der Waals surface area contributed by atoms with E-state index in [1.807, 2.05) is 6.08 Å². The van der Waals surface area contributed by atoms with Gasteiger partial charge in [0.15, 0.2) is 0 Å². The van der Waals surface area contributed by atoms with Gasteiger partial charge >= 0.3 is 5.97 Å². The standard InChI is InChI=1S/C8H8O2/c9-8-7-4-2-1-3-6(7)5-10-8/h3-4H,1-2,5H2. The van der Waals surface area contributed by atoms with Crippen molar-refractivity contribution in [2.75, 3.05) is 6.61 Å². The summed E-state index contributed by atoms with van der Waals surface area (Å²) in [6.07, 6.45) is 6.08. The Labute approximate surface area is 59.2 Å². The fraction of sp³-hybridized carbons (Fsp3) is 0.375. The molecule has 1 fully saturated rings. The van der Waals surface area contributed by atoms with E-state index in [1.54, 1.807) is 0 Å². The maximum atomic E-state index is 10.9. The molecule has 10 heavy (non-hydrogen) atoms. The van der Waals surface area contributed by atoms with Crippen molar-refractivity contribution in [1.29, 1.82) is 0 Å². The molecule has 0 atom stereocenters. The van der Waals surface area contributed by atoms with Crippen molar-refractivity contribution in [2.24, 2.45) is 0 Å². The van der Waals surface area contributed by atoms with Crippen LogP contribution in [-0.2, 0) is 9.53 Å². The number of carbonyl (C=O) groups excluding carboxylic acids is 1. The lowest BCUT2D eigenvalue weighted by atomic mass is 10.0. The third-order valence-corrected chi connectivity index (χ3v) is 1.83. The van der Waals surface area contributed by atoms with Gasteiger partial charge in [-0.05, 0) is 18.4 Å². The third-order valence-electron chi connectivity index (χ3n) is 1.83. The average molecular weight is 136 g/mol. The van der Waals surface area contributed by atoms with Crippen LogP contribution < -0.4 is 0 Å². The van der Waals surface area contributed by atoms with Crippen LogP contribution in [0.1, 0.15) is 12.8 Å². The molecule has 0 unspecified atom stereocenters. The van der Waals surface area contributed by atoms with Crippen LogP contribution in [0.5, 0.6) is 0 Å². The fourth-order valence-electron chi connectivity index (χ4n) is 1.30. The van der Waals surface area contributed by atoms with Crippen LogP contribution in [0.3, 0.4) is 0 Å². The molecule has 1 heterocycles. The van der Waals surface area contributed by atoms with Crippen LogP contribution in [0.25, 0.3) is 0 Å². The summed E-state index contributed by atoms with van der Waals surface area (Å²) in [5.41, 5.74) is 1.88. The Bertz CT molecular complexity index is 236. The number of hydrogen-bond acceptors (Lipinski definition) is 2. The quantitative estimate of drug-likeness (QED) is 0.467. The number of allylic oxidation sites excluding steroid dienone is 2. The van der Waals surface area contributed by atoms with Gasteiger partial charge in [-0.1, -0.05) is 12.2 Å². The van der Waals surface area contributed by atoms with Crippen LogP contribution in [-0.4, -0.2) is 12.6 Å². The van der Waals surface area contributed by atoms with Gasteiger partial charge in [0.2, 0.25) is 0 Å². The lowest BCUT2D eigenvalue weighted by Gasteiger charge is -2.00. The molecule has 2 heteroatoms. The molecule has 0 radical (unpaired) electrons. The van der Waals surface area contributed by atoms with Gasteiger partial charge in [-0.15, -0.1) is 0 Å². The lowest BCUT2D eigenvalue weighted by molar-refractivity contribution is -0.135. The summed E-state index contributed by atoms with van der Waals surface area (Å²) in [7, 11) is 0. The second-order valence-corrected chi connectivity index (χ2v) is 2.50. The molecule has 0 spiro atoms. The van der Waals surface area contributed by atoms with Crippen LogP contribution >= 0.6 is 0 Å². The zero-order valence-electron chi connectivity index (χ0n) is 5.59. The van der Waals surface area contributed by atoms with Gasteiger partial charge in [0.25, 0.3) is 0 Å². The molecule has 0 aromatic carbocycles. The molecule has 1 aliphatic heterocycles. The van der Waals surface area contributed by atoms with Gasteiger partial charge in [-0.3, -0.25) is 0 Å². The van der Waals surface area contributed by atoms with E-state index in [0.717, 1.165) is 24.0 Å². The minimum Gasteiger partial charge on any atom is -0.457 e. The number of fused-ring (bicyclic) bond motifs is 1. The van der Waals surface area contributed by atoms with Gasteiger partial charge in [0.1, 0.15) is 6.61 Å². The summed E-state index contributed by atoms with van der Waals surface area (Å²) in [4.78, 5) is 10.9. The number of rotatable bonds is 0. The first kappa shape index (κ1) is 5.71. The summed E-state index contributed by atoms with van der Waals surface area (Å²) in [5, 5.41) is 0. The molecule has 0 amide bonds. The SMILES string of the molecule is O=C1OCC2=CCCC=C12. The van der Waals surface area contributed by atoms with Crippen molar-refractivity contribution in [3.8, 4) is 0 Å². The number of carbonyl (C=O) groups is 1. The molecular weight excluding hydrogens is 128 g/mol. The molecule has 0 aromatic rings. The average Bonchev–Trinajstić information content (AvgIpc) is 2.34. The Balaban J connectivity index is 2.39. The Morgan fingerprint density at radius 1 is 1.30 bits per heavy atom. The number of hydrogen-bond donors (Lipinski definition) is 0. The van der Waals surface area contributed by atoms with E-state index in [9.17, 15) is 4.79 Å². The summed E-state index contributed by atoms with van der Waals surface area (Å²) < 4.78 is 4.82. The highest BCUT2D eigenvalue weighted by Gasteiger charge is 2.24.